The molecule has 12 heavy (non-hydrogen) atoms. The lowest BCUT2D eigenvalue weighted by Gasteiger charge is -2.03. The third-order valence-electron chi connectivity index (χ3n) is 1.25. The Hall–Kier alpha value is -1.23. The first-order valence-corrected chi connectivity index (χ1v) is 3.70. The van der Waals surface area contributed by atoms with Crippen molar-refractivity contribution >= 4 is 5.78 Å². The number of carbonyl (C=O) groups is 1. The molecule has 0 radical (unpaired) electrons. The quantitative estimate of drug-likeness (QED) is 0.663. The molecule has 0 fully saturated rings. The second-order valence-corrected chi connectivity index (χ2v) is 2.64. The fourth-order valence-electron chi connectivity index (χ4n) is 0.652. The molecule has 0 aliphatic rings. The molecule has 0 saturated carbocycles. The highest BCUT2D eigenvalue weighted by molar-refractivity contribution is 5.94. The summed E-state index contributed by atoms with van der Waals surface area (Å²) in [7, 11) is 0. The molecule has 1 heterocycles. The maximum atomic E-state index is 11.2. The van der Waals surface area contributed by atoms with Crippen molar-refractivity contribution in [3.63, 3.8) is 0 Å². The summed E-state index contributed by atoms with van der Waals surface area (Å²) in [6.07, 6.45) is 1.44. The van der Waals surface area contributed by atoms with Gasteiger partial charge in [0.15, 0.2) is 5.69 Å². The number of ketones is 1. The van der Waals surface area contributed by atoms with Crippen LogP contribution in [0.4, 0.5) is 0 Å². The van der Waals surface area contributed by atoms with E-state index in [9.17, 15) is 4.79 Å². The minimum absolute atomic E-state index is 0.0563. The van der Waals surface area contributed by atoms with Crippen molar-refractivity contribution in [2.24, 2.45) is 0 Å². The molecule has 1 rings (SSSR count). The van der Waals surface area contributed by atoms with E-state index in [0.29, 0.717) is 5.69 Å². The van der Waals surface area contributed by atoms with Crippen molar-refractivity contribution in [3.8, 4) is 0 Å². The minimum Gasteiger partial charge on any atom is -0.371 e. The third-order valence-corrected chi connectivity index (χ3v) is 1.25. The van der Waals surface area contributed by atoms with E-state index >= 15 is 0 Å². The van der Waals surface area contributed by atoms with Crippen molar-refractivity contribution in [3.05, 3.63) is 11.9 Å². The van der Waals surface area contributed by atoms with Crippen LogP contribution >= 0.6 is 0 Å². The number of hydrogen-bond donors (Lipinski definition) is 1. The van der Waals surface area contributed by atoms with Gasteiger partial charge in [0, 0.05) is 0 Å². The average Bonchev–Trinajstić information content (AvgIpc) is 2.51. The standard InChI is InChI=1S/C7H11N3O2/c1-5(2)12-4-7(11)6-3-8-10-9-6/h3,5H,4H2,1-2H3,(H,8,9,10). The summed E-state index contributed by atoms with van der Waals surface area (Å²) >= 11 is 0. The van der Waals surface area contributed by atoms with Gasteiger partial charge in [0.25, 0.3) is 0 Å². The normalized spacial score (nSPS) is 10.6. The van der Waals surface area contributed by atoms with Crippen molar-refractivity contribution in [2.75, 3.05) is 6.61 Å². The number of rotatable bonds is 4. The number of hydrogen-bond acceptors (Lipinski definition) is 4. The highest BCUT2D eigenvalue weighted by Gasteiger charge is 2.08. The van der Waals surface area contributed by atoms with E-state index in [1.54, 1.807) is 0 Å². The molecule has 0 atom stereocenters. The van der Waals surface area contributed by atoms with E-state index in [0.717, 1.165) is 0 Å². The van der Waals surface area contributed by atoms with Crippen molar-refractivity contribution in [1.82, 2.24) is 15.4 Å². The Morgan fingerprint density at radius 1 is 1.75 bits per heavy atom. The summed E-state index contributed by atoms with van der Waals surface area (Å²) < 4.78 is 5.10. The summed E-state index contributed by atoms with van der Waals surface area (Å²) in [6.45, 7) is 3.80. The zero-order valence-corrected chi connectivity index (χ0v) is 7.07. The molecule has 1 aromatic rings. The SMILES string of the molecule is CC(C)OCC(=O)c1cn[nH]n1. The highest BCUT2D eigenvalue weighted by atomic mass is 16.5. The first-order chi connectivity index (χ1) is 5.70. The molecule has 1 aromatic heterocycles. The van der Waals surface area contributed by atoms with E-state index < -0.39 is 0 Å². The van der Waals surface area contributed by atoms with Crippen LogP contribution < -0.4 is 0 Å². The molecule has 0 aliphatic heterocycles. The summed E-state index contributed by atoms with van der Waals surface area (Å²) in [5.74, 6) is -0.155. The van der Waals surface area contributed by atoms with Gasteiger partial charge in [-0.3, -0.25) is 4.79 Å². The minimum atomic E-state index is -0.155. The Balaban J connectivity index is 2.40. The van der Waals surface area contributed by atoms with Gasteiger partial charge < -0.3 is 4.74 Å². The number of carbonyl (C=O) groups excluding carboxylic acids is 1. The van der Waals surface area contributed by atoms with Crippen molar-refractivity contribution in [2.45, 2.75) is 20.0 Å². The van der Waals surface area contributed by atoms with Crippen LogP contribution in [0.1, 0.15) is 24.3 Å². The summed E-state index contributed by atoms with van der Waals surface area (Å²) in [4.78, 5) is 11.2. The van der Waals surface area contributed by atoms with Crippen LogP contribution in [0.2, 0.25) is 0 Å². The molecule has 5 nitrogen and oxygen atoms in total. The van der Waals surface area contributed by atoms with E-state index in [1.165, 1.54) is 6.20 Å². The van der Waals surface area contributed by atoms with Gasteiger partial charge in [-0.2, -0.15) is 15.4 Å². The first kappa shape index (κ1) is 8.86. The zero-order valence-electron chi connectivity index (χ0n) is 7.07. The zero-order chi connectivity index (χ0) is 8.97. The average molecular weight is 169 g/mol. The largest absolute Gasteiger partial charge is 0.371 e. The number of Topliss-reactive ketones (excluding diaryl/α,β-unsaturated/α-hetero) is 1. The molecule has 0 unspecified atom stereocenters. The summed E-state index contributed by atoms with van der Waals surface area (Å²) in [5, 5.41) is 9.51. The summed E-state index contributed by atoms with van der Waals surface area (Å²) in [5.41, 5.74) is 0.315. The second kappa shape index (κ2) is 3.96. The molecule has 5 heteroatoms. The van der Waals surface area contributed by atoms with Crippen LogP contribution in [0, 0.1) is 0 Å². The second-order valence-electron chi connectivity index (χ2n) is 2.64. The van der Waals surface area contributed by atoms with Gasteiger partial charge in [-0.25, -0.2) is 0 Å². The van der Waals surface area contributed by atoms with E-state index in [4.69, 9.17) is 4.74 Å². The Bertz CT molecular complexity index is 243. The molecule has 0 amide bonds. The molecule has 0 aliphatic carbocycles. The number of aromatic nitrogens is 3. The van der Waals surface area contributed by atoms with Gasteiger partial charge >= 0.3 is 0 Å². The molecule has 0 saturated heterocycles. The number of aromatic amines is 1. The Labute approximate surface area is 70.1 Å². The number of nitrogens with one attached hydrogen (secondary N) is 1. The topological polar surface area (TPSA) is 67.9 Å². The van der Waals surface area contributed by atoms with Crippen molar-refractivity contribution < 1.29 is 9.53 Å². The van der Waals surface area contributed by atoms with Gasteiger partial charge in [-0.15, -0.1) is 0 Å². The number of ether oxygens (including phenoxy) is 1. The fraction of sp³-hybridized carbons (Fsp3) is 0.571. The lowest BCUT2D eigenvalue weighted by Crippen LogP contribution is -2.13. The third kappa shape index (κ3) is 2.43. The molecular weight excluding hydrogens is 158 g/mol. The Kier molecular flexibility index (Phi) is 2.93. The van der Waals surface area contributed by atoms with Crippen LogP contribution in [0.5, 0.6) is 0 Å². The van der Waals surface area contributed by atoms with Crippen LogP contribution in [0.25, 0.3) is 0 Å². The first-order valence-electron chi connectivity index (χ1n) is 3.70. The van der Waals surface area contributed by atoms with E-state index in [2.05, 4.69) is 15.4 Å². The predicted molar refractivity (Wildman–Crippen MR) is 41.8 cm³/mol. The highest BCUT2D eigenvalue weighted by Crippen LogP contribution is 1.94. The van der Waals surface area contributed by atoms with Crippen LogP contribution in [0.15, 0.2) is 6.20 Å². The fourth-order valence-corrected chi connectivity index (χ4v) is 0.652. The lowest BCUT2D eigenvalue weighted by atomic mass is 10.3. The van der Waals surface area contributed by atoms with Gasteiger partial charge in [0.05, 0.1) is 12.3 Å². The van der Waals surface area contributed by atoms with E-state index in [-0.39, 0.29) is 18.5 Å². The monoisotopic (exact) mass is 169 g/mol. The summed E-state index contributed by atoms with van der Waals surface area (Å²) in [6, 6.07) is 0. The number of nitrogens with zero attached hydrogens (tertiary/aromatic N) is 2. The molecule has 66 valence electrons. The molecule has 1 N–H and O–H groups in total. The maximum absolute atomic E-state index is 11.2. The number of H-pyrrole nitrogens is 1. The van der Waals surface area contributed by atoms with Gasteiger partial charge in [-0.1, -0.05) is 0 Å². The molecule has 0 spiro atoms. The molecule has 0 aromatic carbocycles. The van der Waals surface area contributed by atoms with Gasteiger partial charge in [0.1, 0.15) is 6.61 Å². The smallest absolute Gasteiger partial charge is 0.210 e. The molecule has 0 bridgehead atoms. The van der Waals surface area contributed by atoms with Crippen LogP contribution in [0.3, 0.4) is 0 Å². The maximum Gasteiger partial charge on any atom is 0.210 e. The van der Waals surface area contributed by atoms with Gasteiger partial charge in [0.2, 0.25) is 5.78 Å². The molecular formula is C7H11N3O2. The van der Waals surface area contributed by atoms with Gasteiger partial charge in [-0.05, 0) is 13.8 Å². The Morgan fingerprint density at radius 3 is 3.00 bits per heavy atom. The van der Waals surface area contributed by atoms with E-state index in [1.807, 2.05) is 13.8 Å². The van der Waals surface area contributed by atoms with Crippen molar-refractivity contribution in [1.29, 1.82) is 0 Å². The van der Waals surface area contributed by atoms with Crippen LogP contribution in [-0.4, -0.2) is 33.9 Å². The Morgan fingerprint density at radius 2 is 2.50 bits per heavy atom. The lowest BCUT2D eigenvalue weighted by molar-refractivity contribution is 0.0580. The predicted octanol–water partition coefficient (Wildman–Crippen LogP) is 0.412. The van der Waals surface area contributed by atoms with Crippen LogP contribution in [-0.2, 0) is 4.74 Å².